The summed E-state index contributed by atoms with van der Waals surface area (Å²) >= 11 is 0. The third-order valence-electron chi connectivity index (χ3n) is 10.1. The third kappa shape index (κ3) is 4.48. The second-order valence-electron chi connectivity index (χ2n) is 12.6. The number of ether oxygens (including phenoxy) is 3. The van der Waals surface area contributed by atoms with Crippen LogP contribution in [0.3, 0.4) is 0 Å². The molecule has 0 radical (unpaired) electrons. The van der Waals surface area contributed by atoms with Gasteiger partial charge in [-0.3, -0.25) is 4.79 Å². The molecule has 40 heavy (non-hydrogen) atoms. The van der Waals surface area contributed by atoms with Crippen molar-refractivity contribution in [3.63, 3.8) is 0 Å². The number of fused-ring (bicyclic) bond motifs is 2. The first-order valence-corrected chi connectivity index (χ1v) is 14.6. The topological polar surface area (TPSA) is 44.8 Å². The molecular weight excluding hydrogens is 503 g/mol. The number of hydrogen-bond donors (Lipinski definition) is 0. The van der Waals surface area contributed by atoms with Crippen molar-refractivity contribution >= 4 is 5.97 Å². The van der Waals surface area contributed by atoms with Gasteiger partial charge in [0.2, 0.25) is 0 Å². The highest BCUT2D eigenvalue weighted by molar-refractivity contribution is 5.77. The van der Waals surface area contributed by atoms with Crippen LogP contribution in [0.1, 0.15) is 80.5 Å². The Morgan fingerprint density at radius 2 is 1.75 bits per heavy atom. The van der Waals surface area contributed by atoms with Crippen LogP contribution in [-0.4, -0.2) is 20.2 Å². The molecule has 0 saturated heterocycles. The summed E-state index contributed by atoms with van der Waals surface area (Å²) in [4.78, 5) is 12.5. The average molecular weight is 543 g/mol. The molecule has 0 heterocycles. The van der Waals surface area contributed by atoms with Crippen LogP contribution in [0.5, 0.6) is 11.5 Å². The Morgan fingerprint density at radius 1 is 0.925 bits per heavy atom. The van der Waals surface area contributed by atoms with Crippen molar-refractivity contribution in [2.24, 2.45) is 11.3 Å². The minimum absolute atomic E-state index is 0.0594. The largest absolute Gasteiger partial charge is 0.497 e. The third-order valence-corrected chi connectivity index (χ3v) is 10.1. The van der Waals surface area contributed by atoms with Crippen molar-refractivity contribution in [2.75, 3.05) is 14.2 Å². The van der Waals surface area contributed by atoms with Gasteiger partial charge < -0.3 is 14.2 Å². The second kappa shape index (κ2) is 10.2. The Morgan fingerprint density at radius 3 is 2.45 bits per heavy atom. The number of aryl methyl sites for hydroxylation is 1. The maximum atomic E-state index is 15.1. The Kier molecular flexibility index (Phi) is 6.88. The van der Waals surface area contributed by atoms with E-state index in [0.29, 0.717) is 23.8 Å². The predicted octanol–water partition coefficient (Wildman–Crippen LogP) is 8.14. The van der Waals surface area contributed by atoms with E-state index in [1.807, 2.05) is 18.2 Å². The lowest BCUT2D eigenvalue weighted by Gasteiger charge is -2.46. The summed E-state index contributed by atoms with van der Waals surface area (Å²) in [5.41, 5.74) is 6.35. The highest BCUT2D eigenvalue weighted by atomic mass is 19.1. The summed E-state index contributed by atoms with van der Waals surface area (Å²) in [5.74, 6) is 1.41. The van der Waals surface area contributed by atoms with Crippen molar-refractivity contribution < 1.29 is 23.4 Å². The molecule has 0 bridgehead atoms. The molecule has 0 unspecified atom stereocenters. The van der Waals surface area contributed by atoms with Crippen LogP contribution in [0.25, 0.3) is 11.1 Å². The molecule has 2 saturated carbocycles. The van der Waals surface area contributed by atoms with E-state index in [4.69, 9.17) is 14.2 Å². The van der Waals surface area contributed by atoms with Gasteiger partial charge in [0.1, 0.15) is 23.9 Å². The van der Waals surface area contributed by atoms with E-state index in [1.54, 1.807) is 19.2 Å². The van der Waals surface area contributed by atoms with E-state index in [-0.39, 0.29) is 28.5 Å². The highest BCUT2D eigenvalue weighted by Gasteiger charge is 2.55. The first-order chi connectivity index (χ1) is 19.3. The van der Waals surface area contributed by atoms with Gasteiger partial charge >= 0.3 is 5.97 Å². The van der Waals surface area contributed by atoms with Gasteiger partial charge in [0.15, 0.2) is 0 Å². The second-order valence-corrected chi connectivity index (χ2v) is 12.6. The maximum absolute atomic E-state index is 15.1. The van der Waals surface area contributed by atoms with Crippen LogP contribution < -0.4 is 9.47 Å². The molecular formula is C35H39FO4. The van der Waals surface area contributed by atoms with Crippen LogP contribution in [0.2, 0.25) is 0 Å². The van der Waals surface area contributed by atoms with E-state index in [9.17, 15) is 4.79 Å². The standard InChI is InChI=1S/C35H39FO4/c1-34(2)15-5-6-29(34)27-18-22(7-11-26(27)28-19-24(38-3)10-12-32(28)36)21-40-25-9-8-23-13-16-35(31(23)20-25)17-14-30(35)33(37)39-4/h7-12,18-20,29-30H,5-6,13-17,21H2,1-4H3/t29-,30-,35-/m0/s1. The van der Waals surface area contributed by atoms with Gasteiger partial charge in [-0.15, -0.1) is 0 Å². The van der Waals surface area contributed by atoms with Crippen LogP contribution in [0.4, 0.5) is 4.39 Å². The molecule has 6 rings (SSSR count). The zero-order chi connectivity index (χ0) is 28.1. The fourth-order valence-electron chi connectivity index (χ4n) is 7.71. The normalized spacial score (nSPS) is 24.4. The lowest BCUT2D eigenvalue weighted by Crippen LogP contribution is -2.47. The Labute approximate surface area is 236 Å². The smallest absolute Gasteiger partial charge is 0.309 e. The lowest BCUT2D eigenvalue weighted by molar-refractivity contribution is -0.153. The number of methoxy groups -OCH3 is 2. The predicted molar refractivity (Wildman–Crippen MR) is 154 cm³/mol. The number of rotatable bonds is 7. The van der Waals surface area contributed by atoms with E-state index < -0.39 is 0 Å². The Bertz CT molecular complexity index is 1440. The van der Waals surface area contributed by atoms with E-state index >= 15 is 4.39 Å². The number of hydrogen-bond acceptors (Lipinski definition) is 4. The lowest BCUT2D eigenvalue weighted by atomic mass is 9.57. The molecule has 0 aliphatic heterocycles. The van der Waals surface area contributed by atoms with Crippen molar-refractivity contribution in [3.05, 3.63) is 82.7 Å². The SMILES string of the molecule is COC(=O)[C@@H]1CC[C@@]12CCc1ccc(OCc3ccc(-c4cc(OC)ccc4F)c([C@@H]4CCCC4(C)C)c3)cc12. The molecule has 5 heteroatoms. The van der Waals surface area contributed by atoms with E-state index in [2.05, 4.69) is 32.0 Å². The summed E-state index contributed by atoms with van der Waals surface area (Å²) in [6.07, 6.45) is 7.30. The van der Waals surface area contributed by atoms with Crippen LogP contribution in [0.15, 0.2) is 54.6 Å². The number of esters is 1. The zero-order valence-electron chi connectivity index (χ0n) is 24.0. The van der Waals surface area contributed by atoms with Crippen molar-refractivity contribution in [1.29, 1.82) is 0 Å². The van der Waals surface area contributed by atoms with Gasteiger partial charge in [-0.05, 0) is 108 Å². The number of carbonyl (C=O) groups is 1. The van der Waals surface area contributed by atoms with Gasteiger partial charge in [0.25, 0.3) is 0 Å². The summed E-state index contributed by atoms with van der Waals surface area (Å²) in [7, 11) is 3.10. The summed E-state index contributed by atoms with van der Waals surface area (Å²) in [5, 5.41) is 0. The highest BCUT2D eigenvalue weighted by Crippen LogP contribution is 2.57. The minimum atomic E-state index is -0.241. The van der Waals surface area contributed by atoms with Gasteiger partial charge in [-0.25, -0.2) is 4.39 Å². The molecule has 3 aliphatic rings. The number of benzene rings is 3. The Balaban J connectivity index is 1.30. The monoisotopic (exact) mass is 542 g/mol. The minimum Gasteiger partial charge on any atom is -0.497 e. The average Bonchev–Trinajstić information content (AvgIpc) is 3.51. The molecule has 3 aromatic rings. The van der Waals surface area contributed by atoms with Crippen LogP contribution >= 0.6 is 0 Å². The number of carbonyl (C=O) groups excluding carboxylic acids is 1. The molecule has 2 fully saturated rings. The maximum Gasteiger partial charge on any atom is 0.309 e. The van der Waals surface area contributed by atoms with Crippen molar-refractivity contribution in [1.82, 2.24) is 0 Å². The molecule has 210 valence electrons. The van der Waals surface area contributed by atoms with Crippen LogP contribution in [0, 0.1) is 17.2 Å². The first-order valence-electron chi connectivity index (χ1n) is 14.6. The molecule has 3 aliphatic carbocycles. The van der Waals surface area contributed by atoms with Gasteiger partial charge in [-0.2, -0.15) is 0 Å². The summed E-state index contributed by atoms with van der Waals surface area (Å²) < 4.78 is 32.0. The summed E-state index contributed by atoms with van der Waals surface area (Å²) in [6, 6.07) is 17.6. The molecule has 4 nitrogen and oxygen atoms in total. The zero-order valence-corrected chi connectivity index (χ0v) is 24.0. The molecule has 3 atom stereocenters. The molecule has 3 aromatic carbocycles. The van der Waals surface area contributed by atoms with Crippen molar-refractivity contribution in [3.8, 4) is 22.6 Å². The molecule has 1 spiro atoms. The van der Waals surface area contributed by atoms with Crippen molar-refractivity contribution in [2.45, 2.75) is 76.7 Å². The van der Waals surface area contributed by atoms with Gasteiger partial charge in [0, 0.05) is 11.0 Å². The van der Waals surface area contributed by atoms with Gasteiger partial charge in [-0.1, -0.05) is 44.5 Å². The fraction of sp³-hybridized carbons (Fsp3) is 0.457. The summed E-state index contributed by atoms with van der Waals surface area (Å²) in [6.45, 7) is 5.07. The van der Waals surface area contributed by atoms with Crippen LogP contribution in [-0.2, 0) is 28.0 Å². The molecule has 0 aromatic heterocycles. The van der Waals surface area contributed by atoms with E-state index in [0.717, 1.165) is 55.4 Å². The number of halogens is 1. The fourth-order valence-corrected chi connectivity index (χ4v) is 7.71. The first kappa shape index (κ1) is 26.9. The van der Waals surface area contributed by atoms with Gasteiger partial charge in [0.05, 0.1) is 20.1 Å². The Hall–Kier alpha value is -3.34. The molecule has 0 amide bonds. The van der Waals surface area contributed by atoms with E-state index in [1.165, 1.54) is 36.3 Å². The quantitative estimate of drug-likeness (QED) is 0.283. The molecule has 0 N–H and O–H groups in total.